The predicted octanol–water partition coefficient (Wildman–Crippen LogP) is 1.61. The highest BCUT2D eigenvalue weighted by molar-refractivity contribution is 5.46. The molecule has 0 radical (unpaired) electrons. The highest BCUT2D eigenvalue weighted by Gasteiger charge is 2.02. The lowest BCUT2D eigenvalue weighted by molar-refractivity contribution is 0.577. The van der Waals surface area contributed by atoms with Crippen LogP contribution >= 0.6 is 0 Å². The van der Waals surface area contributed by atoms with Crippen LogP contribution in [0.3, 0.4) is 0 Å². The van der Waals surface area contributed by atoms with Crippen molar-refractivity contribution >= 4 is 0 Å². The molecule has 0 unspecified atom stereocenters. The van der Waals surface area contributed by atoms with Crippen LogP contribution in [0.2, 0.25) is 0 Å². The first kappa shape index (κ1) is 7.50. The first-order valence-corrected chi connectivity index (χ1v) is 3.66. The molecule has 13 heavy (non-hydrogen) atoms. The van der Waals surface area contributed by atoms with Crippen molar-refractivity contribution in [2.24, 2.45) is 0 Å². The molecule has 0 aliphatic carbocycles. The molecule has 2 aromatic rings. The topological polar surface area (TPSA) is 62.7 Å². The van der Waals surface area contributed by atoms with Crippen LogP contribution in [0.5, 0.6) is 0 Å². The average molecular weight is 171 g/mol. The number of furan rings is 1. The third kappa shape index (κ3) is 1.40. The van der Waals surface area contributed by atoms with Crippen molar-refractivity contribution in [1.29, 1.82) is 5.26 Å². The van der Waals surface area contributed by atoms with Crippen molar-refractivity contribution in [3.05, 3.63) is 36.4 Å². The Balaban J connectivity index is 2.40. The van der Waals surface area contributed by atoms with Gasteiger partial charge in [-0.3, -0.25) is 0 Å². The van der Waals surface area contributed by atoms with Crippen molar-refractivity contribution in [2.75, 3.05) is 0 Å². The van der Waals surface area contributed by atoms with Gasteiger partial charge in [-0.25, -0.2) is 9.97 Å². The first-order valence-electron chi connectivity index (χ1n) is 3.66. The van der Waals surface area contributed by atoms with E-state index >= 15 is 0 Å². The highest BCUT2D eigenvalue weighted by Crippen LogP contribution is 2.13. The summed E-state index contributed by atoms with van der Waals surface area (Å²) in [6, 6.07) is 5.47. The lowest BCUT2D eigenvalue weighted by atomic mass is 10.3. The lowest BCUT2D eigenvalue weighted by Gasteiger charge is -1.92. The molecule has 0 saturated heterocycles. The second-order valence-corrected chi connectivity index (χ2v) is 2.38. The van der Waals surface area contributed by atoms with Crippen molar-refractivity contribution < 1.29 is 4.42 Å². The lowest BCUT2D eigenvalue weighted by Crippen LogP contribution is -1.87. The number of rotatable bonds is 1. The van der Waals surface area contributed by atoms with E-state index < -0.39 is 0 Å². The summed E-state index contributed by atoms with van der Waals surface area (Å²) in [7, 11) is 0. The molecule has 2 rings (SSSR count). The molecule has 0 N–H and O–H groups in total. The van der Waals surface area contributed by atoms with Gasteiger partial charge in [0.2, 0.25) is 0 Å². The van der Waals surface area contributed by atoms with Crippen LogP contribution in [0.1, 0.15) is 5.56 Å². The van der Waals surface area contributed by atoms with E-state index in [4.69, 9.17) is 9.68 Å². The van der Waals surface area contributed by atoms with Gasteiger partial charge in [0.05, 0.1) is 11.8 Å². The van der Waals surface area contributed by atoms with Gasteiger partial charge in [0, 0.05) is 12.4 Å². The second-order valence-electron chi connectivity index (χ2n) is 2.38. The van der Waals surface area contributed by atoms with Crippen LogP contribution < -0.4 is 0 Å². The Labute approximate surface area is 74.5 Å². The SMILES string of the molecule is N#Cc1cnc(-c2ccco2)nc1. The predicted molar refractivity (Wildman–Crippen MR) is 44.4 cm³/mol. The summed E-state index contributed by atoms with van der Waals surface area (Å²) >= 11 is 0. The van der Waals surface area contributed by atoms with E-state index in [2.05, 4.69) is 9.97 Å². The van der Waals surface area contributed by atoms with Gasteiger partial charge < -0.3 is 4.42 Å². The normalized spacial score (nSPS) is 9.46. The van der Waals surface area contributed by atoms with Crippen LogP contribution in [-0.4, -0.2) is 9.97 Å². The third-order valence-corrected chi connectivity index (χ3v) is 1.52. The number of hydrogen-bond acceptors (Lipinski definition) is 4. The Kier molecular flexibility index (Phi) is 1.77. The molecule has 0 aromatic carbocycles. The van der Waals surface area contributed by atoms with Crippen LogP contribution in [0.4, 0.5) is 0 Å². The molecular weight excluding hydrogens is 166 g/mol. The van der Waals surface area contributed by atoms with Gasteiger partial charge in [-0.1, -0.05) is 0 Å². The minimum Gasteiger partial charge on any atom is -0.461 e. The fourth-order valence-electron chi connectivity index (χ4n) is 0.919. The Hall–Kier alpha value is -2.15. The Morgan fingerprint density at radius 3 is 2.62 bits per heavy atom. The van der Waals surface area contributed by atoms with Crippen LogP contribution in [0.25, 0.3) is 11.6 Å². The highest BCUT2D eigenvalue weighted by atomic mass is 16.3. The molecule has 2 aromatic heterocycles. The number of aromatic nitrogens is 2. The standard InChI is InChI=1S/C9H5N3O/c10-4-7-5-11-9(12-6-7)8-2-1-3-13-8/h1-3,5-6H. The van der Waals surface area contributed by atoms with Gasteiger partial charge in [-0.2, -0.15) is 5.26 Å². The van der Waals surface area contributed by atoms with E-state index in [1.54, 1.807) is 18.4 Å². The maximum absolute atomic E-state index is 8.51. The molecule has 0 aliphatic rings. The molecule has 0 aliphatic heterocycles. The number of hydrogen-bond donors (Lipinski definition) is 0. The zero-order chi connectivity index (χ0) is 9.10. The minimum atomic E-state index is 0.440. The van der Waals surface area contributed by atoms with Crippen LogP contribution in [0.15, 0.2) is 35.2 Å². The molecule has 4 heteroatoms. The molecule has 0 spiro atoms. The molecular formula is C9H5N3O. The zero-order valence-electron chi connectivity index (χ0n) is 6.64. The fourth-order valence-corrected chi connectivity index (χ4v) is 0.919. The van der Waals surface area contributed by atoms with Gasteiger partial charge in [0.1, 0.15) is 6.07 Å². The van der Waals surface area contributed by atoms with Gasteiger partial charge in [0.15, 0.2) is 11.6 Å². The molecule has 0 saturated carbocycles. The van der Waals surface area contributed by atoms with E-state index in [0.29, 0.717) is 17.1 Å². The van der Waals surface area contributed by atoms with Crippen molar-refractivity contribution in [3.63, 3.8) is 0 Å². The summed E-state index contributed by atoms with van der Waals surface area (Å²) in [5.41, 5.74) is 0.440. The summed E-state index contributed by atoms with van der Waals surface area (Å²) in [6.45, 7) is 0. The Bertz CT molecular complexity index is 425. The molecule has 4 nitrogen and oxygen atoms in total. The van der Waals surface area contributed by atoms with Gasteiger partial charge in [-0.15, -0.1) is 0 Å². The quantitative estimate of drug-likeness (QED) is 0.653. The molecule has 0 bridgehead atoms. The van der Waals surface area contributed by atoms with Crippen molar-refractivity contribution in [2.45, 2.75) is 0 Å². The fraction of sp³-hybridized carbons (Fsp3) is 0. The molecule has 2 heterocycles. The summed E-state index contributed by atoms with van der Waals surface area (Å²) < 4.78 is 5.09. The summed E-state index contributed by atoms with van der Waals surface area (Å²) in [6.07, 6.45) is 4.48. The Morgan fingerprint density at radius 1 is 1.31 bits per heavy atom. The summed E-state index contributed by atoms with van der Waals surface area (Å²) in [5, 5.41) is 8.51. The number of nitriles is 1. The molecule has 62 valence electrons. The third-order valence-electron chi connectivity index (χ3n) is 1.52. The smallest absolute Gasteiger partial charge is 0.195 e. The van der Waals surface area contributed by atoms with E-state index in [1.807, 2.05) is 6.07 Å². The summed E-state index contributed by atoms with van der Waals surface area (Å²) in [5.74, 6) is 1.09. The average Bonchev–Trinajstić information content (AvgIpc) is 2.71. The van der Waals surface area contributed by atoms with Crippen LogP contribution in [0, 0.1) is 11.3 Å². The van der Waals surface area contributed by atoms with Crippen LogP contribution in [-0.2, 0) is 0 Å². The van der Waals surface area contributed by atoms with Crippen molar-refractivity contribution in [1.82, 2.24) is 9.97 Å². The van der Waals surface area contributed by atoms with Gasteiger partial charge in [-0.05, 0) is 12.1 Å². The maximum atomic E-state index is 8.51. The molecule has 0 amide bonds. The van der Waals surface area contributed by atoms with Crippen molar-refractivity contribution in [3.8, 4) is 17.7 Å². The minimum absolute atomic E-state index is 0.440. The second kappa shape index (κ2) is 3.07. The Morgan fingerprint density at radius 2 is 2.08 bits per heavy atom. The van der Waals surface area contributed by atoms with E-state index in [1.165, 1.54) is 12.4 Å². The van der Waals surface area contributed by atoms with E-state index in [9.17, 15) is 0 Å². The zero-order valence-corrected chi connectivity index (χ0v) is 6.64. The molecule has 0 fully saturated rings. The van der Waals surface area contributed by atoms with Gasteiger partial charge >= 0.3 is 0 Å². The molecule has 0 atom stereocenters. The van der Waals surface area contributed by atoms with E-state index in [-0.39, 0.29) is 0 Å². The largest absolute Gasteiger partial charge is 0.461 e. The van der Waals surface area contributed by atoms with E-state index in [0.717, 1.165) is 0 Å². The van der Waals surface area contributed by atoms with Gasteiger partial charge in [0.25, 0.3) is 0 Å². The monoisotopic (exact) mass is 171 g/mol. The maximum Gasteiger partial charge on any atom is 0.195 e. The number of nitrogens with zero attached hydrogens (tertiary/aromatic N) is 3. The summed E-state index contributed by atoms with van der Waals surface area (Å²) in [4.78, 5) is 7.93. The first-order chi connectivity index (χ1) is 6.40.